The first-order valence-electron chi connectivity index (χ1n) is 11.8. The number of rotatable bonds is 7. The smallest absolute Gasteiger partial charge is 0.193 e. The molecule has 2 unspecified atom stereocenters. The van der Waals surface area contributed by atoms with Crippen LogP contribution in [0.2, 0.25) is 0 Å². The number of ether oxygens (including phenoxy) is 2. The van der Waals surface area contributed by atoms with Crippen LogP contribution in [0, 0.1) is 5.92 Å². The molecule has 0 amide bonds. The maximum Gasteiger partial charge on any atom is 0.193 e. The number of aliphatic imine (C=N–C) groups is 1. The van der Waals surface area contributed by atoms with Gasteiger partial charge in [0.25, 0.3) is 0 Å². The fraction of sp³-hybridized carbons (Fsp3) is 0.955. The minimum atomic E-state index is 0. The molecule has 0 spiro atoms. The fourth-order valence-electron chi connectivity index (χ4n) is 4.84. The molecule has 3 saturated heterocycles. The van der Waals surface area contributed by atoms with Crippen LogP contribution >= 0.6 is 24.0 Å². The molecule has 0 aromatic heterocycles. The second-order valence-corrected chi connectivity index (χ2v) is 9.08. The molecule has 4 aliphatic rings. The van der Waals surface area contributed by atoms with Crippen LogP contribution in [0.25, 0.3) is 0 Å². The van der Waals surface area contributed by atoms with Crippen LogP contribution in [-0.4, -0.2) is 86.5 Å². The second-order valence-electron chi connectivity index (χ2n) is 9.08. The van der Waals surface area contributed by atoms with Gasteiger partial charge in [0.15, 0.2) is 5.96 Å². The van der Waals surface area contributed by atoms with Gasteiger partial charge in [-0.05, 0) is 70.8 Å². The quantitative estimate of drug-likeness (QED) is 0.318. The average Bonchev–Trinajstić information content (AvgIpc) is 3.49. The van der Waals surface area contributed by atoms with E-state index in [0.29, 0.717) is 12.2 Å². The van der Waals surface area contributed by atoms with E-state index >= 15 is 0 Å². The lowest BCUT2D eigenvalue weighted by Gasteiger charge is -2.35. The number of hydrogen-bond donors (Lipinski definition) is 1. The summed E-state index contributed by atoms with van der Waals surface area (Å²) in [7, 11) is 0. The van der Waals surface area contributed by atoms with E-state index in [9.17, 15) is 0 Å². The van der Waals surface area contributed by atoms with Crippen molar-refractivity contribution in [2.24, 2.45) is 10.9 Å². The van der Waals surface area contributed by atoms with Crippen molar-refractivity contribution >= 4 is 29.9 Å². The third-order valence-electron chi connectivity index (χ3n) is 6.75. The van der Waals surface area contributed by atoms with Gasteiger partial charge in [-0.3, -0.25) is 4.99 Å². The maximum absolute atomic E-state index is 6.17. The minimum Gasteiger partial charge on any atom is -0.376 e. The number of guanidine groups is 1. The monoisotopic (exact) mass is 520 g/mol. The highest BCUT2D eigenvalue weighted by molar-refractivity contribution is 14.0. The van der Waals surface area contributed by atoms with Crippen LogP contribution in [0.15, 0.2) is 4.99 Å². The van der Waals surface area contributed by atoms with Gasteiger partial charge in [-0.15, -0.1) is 24.0 Å². The van der Waals surface area contributed by atoms with Crippen LogP contribution in [0.1, 0.15) is 58.3 Å². The Kier molecular flexibility index (Phi) is 9.78. The first-order chi connectivity index (χ1) is 13.8. The first kappa shape index (κ1) is 23.5. The van der Waals surface area contributed by atoms with E-state index in [2.05, 4.69) is 22.0 Å². The van der Waals surface area contributed by atoms with E-state index in [1.54, 1.807) is 0 Å². The molecule has 0 bridgehead atoms. The van der Waals surface area contributed by atoms with Crippen molar-refractivity contribution in [3.8, 4) is 0 Å². The molecule has 0 aromatic carbocycles. The molecular weight excluding hydrogens is 479 g/mol. The van der Waals surface area contributed by atoms with E-state index in [4.69, 9.17) is 14.5 Å². The summed E-state index contributed by atoms with van der Waals surface area (Å²) < 4.78 is 12.0. The van der Waals surface area contributed by atoms with Crippen LogP contribution in [0.4, 0.5) is 0 Å². The lowest BCUT2D eigenvalue weighted by atomic mass is 10.1. The number of piperidine rings is 1. The summed E-state index contributed by atoms with van der Waals surface area (Å²) in [5, 5.41) is 3.52. The summed E-state index contributed by atoms with van der Waals surface area (Å²) in [6.07, 6.45) is 10.7. The fourth-order valence-corrected chi connectivity index (χ4v) is 4.84. The molecule has 1 saturated carbocycles. The van der Waals surface area contributed by atoms with Gasteiger partial charge in [0.1, 0.15) is 0 Å². The average molecular weight is 521 g/mol. The van der Waals surface area contributed by atoms with Crippen molar-refractivity contribution in [3.05, 3.63) is 0 Å². The van der Waals surface area contributed by atoms with Crippen LogP contribution in [-0.2, 0) is 9.47 Å². The third-order valence-corrected chi connectivity index (χ3v) is 6.75. The largest absolute Gasteiger partial charge is 0.376 e. The molecule has 7 heteroatoms. The molecule has 29 heavy (non-hydrogen) atoms. The Morgan fingerprint density at radius 1 is 1.07 bits per heavy atom. The molecule has 0 radical (unpaired) electrons. The van der Waals surface area contributed by atoms with Gasteiger partial charge >= 0.3 is 0 Å². The molecule has 1 aliphatic carbocycles. The lowest BCUT2D eigenvalue weighted by molar-refractivity contribution is -0.0721. The van der Waals surface area contributed by atoms with Crippen molar-refractivity contribution in [2.45, 2.75) is 76.5 Å². The van der Waals surface area contributed by atoms with E-state index in [1.165, 1.54) is 45.2 Å². The number of likely N-dealkylation sites (tertiary alicyclic amines) is 2. The molecule has 6 nitrogen and oxygen atoms in total. The number of hydrogen-bond acceptors (Lipinski definition) is 4. The Morgan fingerprint density at radius 2 is 1.90 bits per heavy atom. The molecule has 3 aliphatic heterocycles. The Balaban J connectivity index is 0.00000240. The van der Waals surface area contributed by atoms with E-state index < -0.39 is 0 Å². The predicted octanol–water partition coefficient (Wildman–Crippen LogP) is 3.10. The number of nitrogens with zero attached hydrogens (tertiary/aromatic N) is 3. The number of halogens is 1. The van der Waals surface area contributed by atoms with Crippen LogP contribution in [0.3, 0.4) is 0 Å². The summed E-state index contributed by atoms with van der Waals surface area (Å²) >= 11 is 0. The lowest BCUT2D eigenvalue weighted by Crippen LogP contribution is -2.47. The molecule has 168 valence electrons. The molecular formula is C22H41IN4O2. The van der Waals surface area contributed by atoms with Crippen molar-refractivity contribution in [1.82, 2.24) is 15.1 Å². The first-order valence-corrected chi connectivity index (χ1v) is 11.8. The normalized spacial score (nSPS) is 29.7. The van der Waals surface area contributed by atoms with Crippen molar-refractivity contribution in [1.29, 1.82) is 0 Å². The molecule has 1 N–H and O–H groups in total. The SMILES string of the molecule is CCNC(=NCC1CCN(C2CC2)C1)N1CCC(OCC2CCCCO2)CC1.I. The molecule has 4 rings (SSSR count). The van der Waals surface area contributed by atoms with Crippen molar-refractivity contribution in [2.75, 3.05) is 52.5 Å². The predicted molar refractivity (Wildman–Crippen MR) is 128 cm³/mol. The van der Waals surface area contributed by atoms with E-state index in [1.807, 2.05) is 0 Å². The third kappa shape index (κ3) is 7.21. The number of nitrogens with one attached hydrogen (secondary N) is 1. The summed E-state index contributed by atoms with van der Waals surface area (Å²) in [5.41, 5.74) is 0. The van der Waals surface area contributed by atoms with E-state index in [0.717, 1.165) is 76.6 Å². The minimum absolute atomic E-state index is 0. The Bertz CT molecular complexity index is 503. The van der Waals surface area contributed by atoms with Gasteiger partial charge in [-0.1, -0.05) is 0 Å². The Labute approximate surface area is 194 Å². The standard InChI is InChI=1S/C22H40N4O2.HI/c1-2-23-22(24-15-18-8-11-26(16-18)19-6-7-19)25-12-9-20(10-13-25)28-17-21-5-3-4-14-27-21;/h18-21H,2-17H2,1H3,(H,23,24);1H. The topological polar surface area (TPSA) is 49.3 Å². The summed E-state index contributed by atoms with van der Waals surface area (Å²) in [6.45, 7) is 10.4. The zero-order valence-corrected chi connectivity index (χ0v) is 20.5. The van der Waals surface area contributed by atoms with Crippen LogP contribution < -0.4 is 5.32 Å². The highest BCUT2D eigenvalue weighted by Crippen LogP contribution is 2.31. The van der Waals surface area contributed by atoms with Gasteiger partial charge in [0.05, 0.1) is 18.8 Å². The second kappa shape index (κ2) is 12.1. The van der Waals surface area contributed by atoms with Crippen molar-refractivity contribution < 1.29 is 9.47 Å². The van der Waals surface area contributed by atoms with Gasteiger partial charge in [0.2, 0.25) is 0 Å². The van der Waals surface area contributed by atoms with Crippen LogP contribution in [0.5, 0.6) is 0 Å². The molecule has 4 fully saturated rings. The van der Waals surface area contributed by atoms with Gasteiger partial charge < -0.3 is 24.6 Å². The highest BCUT2D eigenvalue weighted by Gasteiger charge is 2.34. The highest BCUT2D eigenvalue weighted by atomic mass is 127. The van der Waals surface area contributed by atoms with Gasteiger partial charge in [-0.25, -0.2) is 0 Å². The maximum atomic E-state index is 6.17. The molecule has 0 aromatic rings. The summed E-state index contributed by atoms with van der Waals surface area (Å²) in [4.78, 5) is 10.1. The molecule has 2 atom stereocenters. The van der Waals surface area contributed by atoms with E-state index in [-0.39, 0.29) is 24.0 Å². The summed E-state index contributed by atoms with van der Waals surface area (Å²) in [6, 6.07) is 0.903. The van der Waals surface area contributed by atoms with Gasteiger partial charge in [-0.2, -0.15) is 0 Å². The summed E-state index contributed by atoms with van der Waals surface area (Å²) in [5.74, 6) is 1.85. The van der Waals surface area contributed by atoms with Crippen molar-refractivity contribution in [3.63, 3.8) is 0 Å². The zero-order chi connectivity index (χ0) is 19.2. The molecule has 3 heterocycles. The zero-order valence-electron chi connectivity index (χ0n) is 18.2. The Hall–Kier alpha value is -0.120. The Morgan fingerprint density at radius 3 is 2.59 bits per heavy atom. The van der Waals surface area contributed by atoms with Gasteiger partial charge in [0, 0.05) is 45.4 Å².